The molecule has 0 aliphatic rings. The van der Waals surface area contributed by atoms with Crippen molar-refractivity contribution in [2.45, 2.75) is 37.1 Å². The van der Waals surface area contributed by atoms with Crippen LogP contribution >= 0.6 is 11.3 Å². The number of nitrogens with zero attached hydrogens (tertiary/aromatic N) is 1. The van der Waals surface area contributed by atoms with Crippen molar-refractivity contribution in [2.24, 2.45) is 5.92 Å². The zero-order chi connectivity index (χ0) is 15.3. The number of nitrogens with one attached hydrogen (secondary N) is 1. The molecule has 1 aromatic rings. The summed E-state index contributed by atoms with van der Waals surface area (Å²) in [6, 6.07) is 3.79. The van der Waals surface area contributed by atoms with Crippen molar-refractivity contribution in [1.82, 2.24) is 4.72 Å². The molecule has 1 N–H and O–H groups in total. The first kappa shape index (κ1) is 16.6. The van der Waals surface area contributed by atoms with E-state index >= 15 is 0 Å². The predicted molar refractivity (Wildman–Crippen MR) is 74.4 cm³/mol. The third-order valence-corrected chi connectivity index (χ3v) is 5.28. The second-order valence-corrected chi connectivity index (χ2v) is 7.37. The highest BCUT2D eigenvalue weighted by molar-refractivity contribution is 7.91. The van der Waals surface area contributed by atoms with Gasteiger partial charge in [0.05, 0.1) is 0 Å². The van der Waals surface area contributed by atoms with Crippen LogP contribution in [0.3, 0.4) is 0 Å². The molecule has 0 bridgehead atoms. The molecule has 0 aliphatic carbocycles. The SMILES string of the molecule is CC(C)[C@@H](NS(=O)(=O)c1cccs1)C(=O)O[C@@H](C)C#N. The van der Waals surface area contributed by atoms with Crippen LogP contribution in [-0.2, 0) is 19.6 Å². The third-order valence-electron chi connectivity index (χ3n) is 2.44. The molecule has 0 saturated carbocycles. The van der Waals surface area contributed by atoms with Crippen LogP contribution in [0.5, 0.6) is 0 Å². The summed E-state index contributed by atoms with van der Waals surface area (Å²) in [7, 11) is -3.76. The van der Waals surface area contributed by atoms with Gasteiger partial charge in [-0.05, 0) is 24.3 Å². The Labute approximate surface area is 122 Å². The minimum Gasteiger partial charge on any atom is -0.446 e. The molecule has 2 atom stereocenters. The fourth-order valence-electron chi connectivity index (χ4n) is 1.37. The van der Waals surface area contributed by atoms with E-state index in [0.29, 0.717) is 0 Å². The summed E-state index contributed by atoms with van der Waals surface area (Å²) in [5, 5.41) is 10.3. The highest BCUT2D eigenvalue weighted by atomic mass is 32.2. The van der Waals surface area contributed by atoms with Gasteiger partial charge in [-0.3, -0.25) is 4.79 Å². The summed E-state index contributed by atoms with van der Waals surface area (Å²) in [4.78, 5) is 11.9. The predicted octanol–water partition coefficient (Wildman–Crippen LogP) is 1.51. The smallest absolute Gasteiger partial charge is 0.325 e. The topological polar surface area (TPSA) is 96.3 Å². The number of hydrogen-bond acceptors (Lipinski definition) is 6. The maximum absolute atomic E-state index is 12.1. The lowest BCUT2D eigenvalue weighted by Gasteiger charge is -2.20. The Morgan fingerprint density at radius 1 is 1.45 bits per heavy atom. The Hall–Kier alpha value is -1.43. The van der Waals surface area contributed by atoms with Crippen LogP contribution in [0.4, 0.5) is 0 Å². The molecule has 0 unspecified atom stereocenters. The number of ether oxygens (including phenoxy) is 1. The monoisotopic (exact) mass is 316 g/mol. The van der Waals surface area contributed by atoms with E-state index in [1.54, 1.807) is 31.4 Å². The van der Waals surface area contributed by atoms with Crippen LogP contribution < -0.4 is 4.72 Å². The van der Waals surface area contributed by atoms with Crippen LogP contribution in [0, 0.1) is 17.2 Å². The fourth-order valence-corrected chi connectivity index (χ4v) is 3.71. The van der Waals surface area contributed by atoms with Crippen LogP contribution in [0.15, 0.2) is 21.7 Å². The molecule has 0 radical (unpaired) electrons. The molecular weight excluding hydrogens is 300 g/mol. The molecule has 110 valence electrons. The van der Waals surface area contributed by atoms with Gasteiger partial charge in [0.2, 0.25) is 0 Å². The highest BCUT2D eigenvalue weighted by Gasteiger charge is 2.30. The molecule has 1 heterocycles. The molecule has 0 fully saturated rings. The molecule has 0 spiro atoms. The lowest BCUT2D eigenvalue weighted by atomic mass is 10.1. The fraction of sp³-hybridized carbons (Fsp3) is 0.500. The van der Waals surface area contributed by atoms with Gasteiger partial charge in [-0.2, -0.15) is 9.98 Å². The van der Waals surface area contributed by atoms with Gasteiger partial charge in [-0.15, -0.1) is 11.3 Å². The Bertz CT molecular complexity index is 587. The van der Waals surface area contributed by atoms with Gasteiger partial charge < -0.3 is 4.74 Å². The zero-order valence-electron chi connectivity index (χ0n) is 11.4. The maximum Gasteiger partial charge on any atom is 0.325 e. The molecule has 8 heteroatoms. The number of carbonyl (C=O) groups excluding carboxylic acids is 1. The number of esters is 1. The van der Waals surface area contributed by atoms with Crippen molar-refractivity contribution in [3.05, 3.63) is 17.5 Å². The van der Waals surface area contributed by atoms with Crippen molar-refractivity contribution in [3.63, 3.8) is 0 Å². The molecular formula is C12H16N2O4S2. The Balaban J connectivity index is 2.89. The summed E-state index contributed by atoms with van der Waals surface area (Å²) >= 11 is 1.06. The summed E-state index contributed by atoms with van der Waals surface area (Å²) in [5.41, 5.74) is 0. The average Bonchev–Trinajstić information content (AvgIpc) is 2.89. The Morgan fingerprint density at radius 2 is 2.10 bits per heavy atom. The number of rotatable bonds is 6. The largest absolute Gasteiger partial charge is 0.446 e. The van der Waals surface area contributed by atoms with E-state index in [2.05, 4.69) is 4.72 Å². The third kappa shape index (κ3) is 4.30. The molecule has 6 nitrogen and oxygen atoms in total. The van der Waals surface area contributed by atoms with Crippen LogP contribution in [0.1, 0.15) is 20.8 Å². The number of sulfonamides is 1. The number of thiophene rings is 1. The molecule has 20 heavy (non-hydrogen) atoms. The van der Waals surface area contributed by atoms with Gasteiger partial charge >= 0.3 is 5.97 Å². The number of nitriles is 1. The first-order chi connectivity index (χ1) is 9.27. The Morgan fingerprint density at radius 3 is 2.55 bits per heavy atom. The van der Waals surface area contributed by atoms with Gasteiger partial charge in [0.15, 0.2) is 6.10 Å². The minimum atomic E-state index is -3.76. The summed E-state index contributed by atoms with van der Waals surface area (Å²) in [6.07, 6.45) is -0.921. The van der Waals surface area contributed by atoms with E-state index in [0.717, 1.165) is 11.3 Å². The van der Waals surface area contributed by atoms with Crippen LogP contribution in [0.25, 0.3) is 0 Å². The van der Waals surface area contributed by atoms with E-state index in [1.165, 1.54) is 13.0 Å². The average molecular weight is 316 g/mol. The molecule has 0 amide bonds. The van der Waals surface area contributed by atoms with Crippen molar-refractivity contribution in [3.8, 4) is 6.07 Å². The lowest BCUT2D eigenvalue weighted by molar-refractivity contribution is -0.149. The van der Waals surface area contributed by atoms with Gasteiger partial charge in [-0.1, -0.05) is 19.9 Å². The summed E-state index contributed by atoms with van der Waals surface area (Å²) < 4.78 is 31.5. The van der Waals surface area contributed by atoms with Gasteiger partial charge in [-0.25, -0.2) is 8.42 Å². The van der Waals surface area contributed by atoms with Crippen LogP contribution in [0.2, 0.25) is 0 Å². The van der Waals surface area contributed by atoms with E-state index in [4.69, 9.17) is 10.00 Å². The van der Waals surface area contributed by atoms with Crippen molar-refractivity contribution in [2.75, 3.05) is 0 Å². The second kappa shape index (κ2) is 6.83. The van der Waals surface area contributed by atoms with E-state index in [9.17, 15) is 13.2 Å². The number of carbonyl (C=O) groups is 1. The molecule has 0 aliphatic heterocycles. The van der Waals surface area contributed by atoms with Gasteiger partial charge in [0.25, 0.3) is 10.0 Å². The van der Waals surface area contributed by atoms with E-state index in [-0.39, 0.29) is 10.1 Å². The van der Waals surface area contributed by atoms with Crippen molar-refractivity contribution >= 4 is 27.3 Å². The van der Waals surface area contributed by atoms with E-state index < -0.39 is 28.1 Å². The van der Waals surface area contributed by atoms with Gasteiger partial charge in [0.1, 0.15) is 16.3 Å². The molecule has 1 rings (SSSR count). The maximum atomic E-state index is 12.1. The second-order valence-electron chi connectivity index (χ2n) is 4.48. The van der Waals surface area contributed by atoms with E-state index in [1.807, 2.05) is 0 Å². The standard InChI is InChI=1S/C12H16N2O4S2/c1-8(2)11(12(15)18-9(3)7-13)14-20(16,17)10-5-4-6-19-10/h4-6,8-9,11,14H,1-3H3/t9-,11+/m0/s1. The molecule has 1 aromatic heterocycles. The van der Waals surface area contributed by atoms with Crippen molar-refractivity contribution in [1.29, 1.82) is 5.26 Å². The van der Waals surface area contributed by atoms with Gasteiger partial charge in [0, 0.05) is 0 Å². The summed E-state index contributed by atoms with van der Waals surface area (Å²) in [6.45, 7) is 4.81. The zero-order valence-corrected chi connectivity index (χ0v) is 13.0. The first-order valence-corrected chi connectivity index (χ1v) is 8.30. The number of hydrogen-bond donors (Lipinski definition) is 1. The van der Waals surface area contributed by atoms with Crippen molar-refractivity contribution < 1.29 is 17.9 Å². The quantitative estimate of drug-likeness (QED) is 0.802. The highest BCUT2D eigenvalue weighted by Crippen LogP contribution is 2.17. The minimum absolute atomic E-state index is 0.129. The lowest BCUT2D eigenvalue weighted by Crippen LogP contribution is -2.45. The normalized spacial score (nSPS) is 14.6. The first-order valence-electron chi connectivity index (χ1n) is 5.94. The molecule has 0 saturated heterocycles. The molecule has 0 aromatic carbocycles. The summed E-state index contributed by atoms with van der Waals surface area (Å²) in [5.74, 6) is -1.06. The van der Waals surface area contributed by atoms with Crippen LogP contribution in [-0.4, -0.2) is 26.5 Å². The Kier molecular flexibility index (Phi) is 5.68.